The Morgan fingerprint density at radius 3 is 2.92 bits per heavy atom. The fourth-order valence-electron chi connectivity index (χ4n) is 4.18. The van der Waals surface area contributed by atoms with Crippen LogP contribution in [0.2, 0.25) is 0 Å². The van der Waals surface area contributed by atoms with Crippen molar-refractivity contribution < 1.29 is 5.11 Å². The molecule has 1 aliphatic heterocycles. The van der Waals surface area contributed by atoms with E-state index in [0.717, 1.165) is 42.1 Å². The van der Waals surface area contributed by atoms with E-state index in [2.05, 4.69) is 33.1 Å². The molecule has 0 bridgehead atoms. The highest BCUT2D eigenvalue weighted by atomic mass is 16.3. The molecule has 124 valence electrons. The predicted molar refractivity (Wildman–Crippen MR) is 95.6 cm³/mol. The van der Waals surface area contributed by atoms with Gasteiger partial charge in [-0.3, -0.25) is 0 Å². The number of aliphatic hydroxyl groups excluding tert-OH is 1. The molecule has 3 heterocycles. The van der Waals surface area contributed by atoms with Crippen molar-refractivity contribution in [2.75, 3.05) is 18.1 Å². The number of hydrogen-bond donors (Lipinski definition) is 2. The summed E-state index contributed by atoms with van der Waals surface area (Å²) in [5.74, 6) is 2.45. The lowest BCUT2D eigenvalue weighted by atomic mass is 10.1. The lowest BCUT2D eigenvalue weighted by Gasteiger charge is -2.25. The number of fused-ring (bicyclic) bond motifs is 3. The molecule has 0 unspecified atom stereocenters. The highest BCUT2D eigenvalue weighted by Crippen LogP contribution is 2.45. The number of nitrogens with zero attached hydrogens (tertiary/aromatic N) is 3. The molecule has 1 aliphatic carbocycles. The molecule has 0 amide bonds. The number of nitrogens with one attached hydrogen (secondary N) is 1. The van der Waals surface area contributed by atoms with Gasteiger partial charge in [0.15, 0.2) is 0 Å². The molecule has 1 saturated heterocycles. The van der Waals surface area contributed by atoms with Gasteiger partial charge in [0.1, 0.15) is 17.3 Å². The van der Waals surface area contributed by atoms with Gasteiger partial charge < -0.3 is 15.0 Å². The summed E-state index contributed by atoms with van der Waals surface area (Å²) < 4.78 is 0. The van der Waals surface area contributed by atoms with Crippen LogP contribution in [0.3, 0.4) is 0 Å². The number of aromatic amines is 1. The van der Waals surface area contributed by atoms with Crippen LogP contribution in [0.4, 0.5) is 5.82 Å². The lowest BCUT2D eigenvalue weighted by Crippen LogP contribution is -2.33. The Kier molecular flexibility index (Phi) is 3.07. The van der Waals surface area contributed by atoms with Gasteiger partial charge in [-0.2, -0.15) is 0 Å². The molecule has 5 nitrogen and oxygen atoms in total. The maximum Gasteiger partial charge on any atom is 0.144 e. The van der Waals surface area contributed by atoms with Gasteiger partial charge in [0, 0.05) is 11.9 Å². The second kappa shape index (κ2) is 5.18. The van der Waals surface area contributed by atoms with E-state index in [1.807, 2.05) is 6.92 Å². The number of aryl methyl sites for hydroxylation is 1. The zero-order valence-electron chi connectivity index (χ0n) is 13.9. The number of para-hydroxylation sites is 1. The molecule has 2 aromatic heterocycles. The summed E-state index contributed by atoms with van der Waals surface area (Å²) in [5.41, 5.74) is 3.55. The molecule has 1 atom stereocenters. The molecular weight excluding hydrogens is 300 g/mol. The minimum atomic E-state index is 0.166. The largest absolute Gasteiger partial charge is 0.394 e. The van der Waals surface area contributed by atoms with Crippen LogP contribution in [0.5, 0.6) is 0 Å². The van der Waals surface area contributed by atoms with E-state index in [1.54, 1.807) is 0 Å². The lowest BCUT2D eigenvalue weighted by molar-refractivity contribution is 0.266. The smallest absolute Gasteiger partial charge is 0.144 e. The van der Waals surface area contributed by atoms with Crippen LogP contribution in [0.25, 0.3) is 21.9 Å². The van der Waals surface area contributed by atoms with Gasteiger partial charge in [-0.1, -0.05) is 18.2 Å². The van der Waals surface area contributed by atoms with E-state index in [1.165, 1.54) is 29.3 Å². The van der Waals surface area contributed by atoms with Gasteiger partial charge in [0.05, 0.1) is 23.6 Å². The van der Waals surface area contributed by atoms with Crippen molar-refractivity contribution in [3.8, 4) is 0 Å². The summed E-state index contributed by atoms with van der Waals surface area (Å²) >= 11 is 0. The van der Waals surface area contributed by atoms with Crippen molar-refractivity contribution in [2.24, 2.45) is 0 Å². The standard InChI is InChI=1S/C19H22N4O/c1-11-20-18-16(19(21-11)23-9-3-4-13(23)10-24)15-6-2-5-14(12-7-8-12)17(15)22-18/h2,5-6,12-13,24H,3-4,7-10H2,1H3,(H,20,21,22)/t13-/m0/s1. The Morgan fingerprint density at radius 2 is 2.12 bits per heavy atom. The summed E-state index contributed by atoms with van der Waals surface area (Å²) in [5, 5.41) is 12.1. The minimum Gasteiger partial charge on any atom is -0.394 e. The Hall–Kier alpha value is -2.14. The second-order valence-electron chi connectivity index (χ2n) is 7.16. The summed E-state index contributed by atoms with van der Waals surface area (Å²) in [7, 11) is 0. The van der Waals surface area contributed by atoms with Crippen LogP contribution >= 0.6 is 0 Å². The van der Waals surface area contributed by atoms with Crippen LogP contribution < -0.4 is 4.90 Å². The fraction of sp³-hybridized carbons (Fsp3) is 0.474. The van der Waals surface area contributed by atoms with E-state index in [9.17, 15) is 5.11 Å². The summed E-state index contributed by atoms with van der Waals surface area (Å²) in [4.78, 5) is 15.3. The van der Waals surface area contributed by atoms with Crippen LogP contribution in [-0.2, 0) is 0 Å². The molecule has 0 spiro atoms. The molecule has 2 fully saturated rings. The van der Waals surface area contributed by atoms with Crippen molar-refractivity contribution in [1.29, 1.82) is 0 Å². The number of rotatable bonds is 3. The first-order valence-electron chi connectivity index (χ1n) is 8.92. The highest BCUT2D eigenvalue weighted by Gasteiger charge is 2.30. The summed E-state index contributed by atoms with van der Waals surface area (Å²) in [6.07, 6.45) is 4.69. The summed E-state index contributed by atoms with van der Waals surface area (Å²) in [6.45, 7) is 3.08. The Labute approximate surface area is 140 Å². The third-order valence-electron chi connectivity index (χ3n) is 5.49. The first-order chi connectivity index (χ1) is 11.8. The van der Waals surface area contributed by atoms with Crippen molar-refractivity contribution in [3.05, 3.63) is 29.6 Å². The molecule has 2 aliphatic rings. The molecule has 0 radical (unpaired) electrons. The van der Waals surface area contributed by atoms with Gasteiger partial charge in [0.2, 0.25) is 0 Å². The van der Waals surface area contributed by atoms with Crippen LogP contribution in [-0.4, -0.2) is 39.3 Å². The molecule has 3 aromatic rings. The molecule has 1 aromatic carbocycles. The fourth-order valence-corrected chi connectivity index (χ4v) is 4.18. The number of H-pyrrole nitrogens is 1. The highest BCUT2D eigenvalue weighted by molar-refractivity contribution is 6.12. The van der Waals surface area contributed by atoms with Crippen LogP contribution in [0.1, 0.15) is 43.0 Å². The maximum absolute atomic E-state index is 9.74. The number of anilines is 1. The number of benzene rings is 1. The number of aromatic nitrogens is 3. The Morgan fingerprint density at radius 1 is 1.25 bits per heavy atom. The third-order valence-corrected chi connectivity index (χ3v) is 5.49. The van der Waals surface area contributed by atoms with Crippen molar-refractivity contribution in [1.82, 2.24) is 15.0 Å². The molecule has 5 heteroatoms. The van der Waals surface area contributed by atoms with Crippen LogP contribution in [0, 0.1) is 6.92 Å². The first kappa shape index (κ1) is 14.2. The van der Waals surface area contributed by atoms with Crippen molar-refractivity contribution >= 4 is 27.8 Å². The molecule has 1 saturated carbocycles. The zero-order chi connectivity index (χ0) is 16.3. The second-order valence-corrected chi connectivity index (χ2v) is 7.16. The van der Waals surface area contributed by atoms with E-state index in [0.29, 0.717) is 5.92 Å². The monoisotopic (exact) mass is 322 g/mol. The van der Waals surface area contributed by atoms with Crippen molar-refractivity contribution in [3.63, 3.8) is 0 Å². The van der Waals surface area contributed by atoms with Gasteiger partial charge in [-0.05, 0) is 44.1 Å². The molecule has 2 N–H and O–H groups in total. The van der Waals surface area contributed by atoms with E-state index < -0.39 is 0 Å². The zero-order valence-corrected chi connectivity index (χ0v) is 13.9. The number of aliphatic hydroxyl groups is 1. The average Bonchev–Trinajstić information content (AvgIpc) is 3.19. The summed E-state index contributed by atoms with van der Waals surface area (Å²) in [6, 6.07) is 6.73. The Balaban J connectivity index is 1.80. The topological polar surface area (TPSA) is 65.0 Å². The first-order valence-corrected chi connectivity index (χ1v) is 8.92. The van der Waals surface area contributed by atoms with Gasteiger partial charge in [-0.25, -0.2) is 9.97 Å². The van der Waals surface area contributed by atoms with Crippen molar-refractivity contribution in [2.45, 2.75) is 44.6 Å². The maximum atomic E-state index is 9.74. The molecular formula is C19H22N4O. The predicted octanol–water partition coefficient (Wildman–Crippen LogP) is 3.26. The molecule has 24 heavy (non-hydrogen) atoms. The number of hydrogen-bond acceptors (Lipinski definition) is 4. The minimum absolute atomic E-state index is 0.166. The van der Waals surface area contributed by atoms with E-state index in [4.69, 9.17) is 4.98 Å². The molecule has 5 rings (SSSR count). The Bertz CT molecular complexity index is 928. The average molecular weight is 322 g/mol. The van der Waals surface area contributed by atoms with E-state index in [-0.39, 0.29) is 12.6 Å². The van der Waals surface area contributed by atoms with E-state index >= 15 is 0 Å². The SMILES string of the molecule is Cc1nc(N2CCC[C@H]2CO)c2c(n1)[nH]c1c(C3CC3)cccc12. The normalized spacial score (nSPS) is 21.2. The van der Waals surface area contributed by atoms with Gasteiger partial charge >= 0.3 is 0 Å². The van der Waals surface area contributed by atoms with Crippen LogP contribution in [0.15, 0.2) is 18.2 Å². The third kappa shape index (κ3) is 2.04. The van der Waals surface area contributed by atoms with Gasteiger partial charge in [0.25, 0.3) is 0 Å². The quantitative estimate of drug-likeness (QED) is 0.777. The van der Waals surface area contributed by atoms with Gasteiger partial charge in [-0.15, -0.1) is 0 Å².